The molecule has 0 atom stereocenters. The predicted octanol–water partition coefficient (Wildman–Crippen LogP) is 3.02. The molecule has 0 saturated carbocycles. The molecular weight excluding hydrogens is 238 g/mol. The molecule has 2 aromatic rings. The summed E-state index contributed by atoms with van der Waals surface area (Å²) in [6.45, 7) is 6.38. The van der Waals surface area contributed by atoms with Gasteiger partial charge in [0, 0.05) is 16.5 Å². The smallest absolute Gasteiger partial charge is 0.258 e. The van der Waals surface area contributed by atoms with Gasteiger partial charge in [-0.05, 0) is 28.5 Å². The van der Waals surface area contributed by atoms with E-state index in [-0.39, 0.29) is 17.2 Å². The van der Waals surface area contributed by atoms with Gasteiger partial charge in [0.15, 0.2) is 0 Å². The Balaban J connectivity index is 2.49. The molecule has 0 aliphatic carbocycles. The first-order chi connectivity index (χ1) is 8.89. The Bertz CT molecular complexity index is 703. The molecule has 2 aromatic carbocycles. The zero-order valence-corrected chi connectivity index (χ0v) is 11.2. The first-order valence-corrected chi connectivity index (χ1v) is 6.31. The molecule has 1 aliphatic heterocycles. The van der Waals surface area contributed by atoms with Gasteiger partial charge >= 0.3 is 0 Å². The zero-order valence-electron chi connectivity index (χ0n) is 11.2. The Kier molecular flexibility index (Phi) is 2.30. The van der Waals surface area contributed by atoms with Crippen LogP contribution in [0.5, 0.6) is 0 Å². The van der Waals surface area contributed by atoms with Crippen molar-refractivity contribution in [1.29, 1.82) is 0 Å². The van der Waals surface area contributed by atoms with Gasteiger partial charge in [-0.2, -0.15) is 0 Å². The summed E-state index contributed by atoms with van der Waals surface area (Å²) >= 11 is 0. The number of carbonyl (C=O) groups is 2. The van der Waals surface area contributed by atoms with Crippen molar-refractivity contribution in [3.8, 4) is 0 Å². The van der Waals surface area contributed by atoms with Crippen LogP contribution >= 0.6 is 0 Å². The lowest BCUT2D eigenvalue weighted by Crippen LogP contribution is -2.35. The lowest BCUT2D eigenvalue weighted by molar-refractivity contribution is 0.0845. The third kappa shape index (κ3) is 1.65. The summed E-state index contributed by atoms with van der Waals surface area (Å²) in [6, 6.07) is 9.41. The van der Waals surface area contributed by atoms with Crippen molar-refractivity contribution in [1.82, 2.24) is 5.32 Å². The van der Waals surface area contributed by atoms with Crippen LogP contribution in [0.15, 0.2) is 30.3 Å². The van der Waals surface area contributed by atoms with E-state index < -0.39 is 0 Å². The maximum Gasteiger partial charge on any atom is 0.258 e. The number of hydrogen-bond acceptors (Lipinski definition) is 2. The highest BCUT2D eigenvalue weighted by Gasteiger charge is 2.27. The van der Waals surface area contributed by atoms with Gasteiger partial charge in [-0.25, -0.2) is 0 Å². The van der Waals surface area contributed by atoms with Crippen LogP contribution in [0.25, 0.3) is 10.8 Å². The van der Waals surface area contributed by atoms with E-state index >= 15 is 0 Å². The van der Waals surface area contributed by atoms with Crippen LogP contribution in [0.2, 0.25) is 0 Å². The second kappa shape index (κ2) is 3.67. The zero-order chi connectivity index (χ0) is 13.8. The third-order valence-electron chi connectivity index (χ3n) is 3.56. The standard InChI is InChI=1S/C16H15NO2/c1-16(2,3)12-8-7-11-13-9(12)5-4-6-10(13)14(18)17-15(11)19/h4-8H,1-3H3,(H,17,18,19). The summed E-state index contributed by atoms with van der Waals surface area (Å²) in [5.74, 6) is -0.622. The largest absolute Gasteiger partial charge is 0.288 e. The van der Waals surface area contributed by atoms with E-state index in [1.54, 1.807) is 6.07 Å². The molecule has 3 heteroatoms. The number of nitrogens with one attached hydrogen (secondary N) is 1. The van der Waals surface area contributed by atoms with Gasteiger partial charge in [0.1, 0.15) is 0 Å². The highest BCUT2D eigenvalue weighted by molar-refractivity contribution is 6.25. The van der Waals surface area contributed by atoms with Crippen LogP contribution in [0.1, 0.15) is 47.1 Å². The van der Waals surface area contributed by atoms with Gasteiger partial charge in [0.05, 0.1) is 0 Å². The van der Waals surface area contributed by atoms with Crippen molar-refractivity contribution >= 4 is 22.6 Å². The second-order valence-corrected chi connectivity index (χ2v) is 5.92. The predicted molar refractivity (Wildman–Crippen MR) is 74.4 cm³/mol. The molecule has 1 aliphatic rings. The number of benzene rings is 2. The average Bonchev–Trinajstić information content (AvgIpc) is 2.33. The van der Waals surface area contributed by atoms with E-state index in [2.05, 4.69) is 26.1 Å². The van der Waals surface area contributed by atoms with Crippen LogP contribution in [-0.4, -0.2) is 11.8 Å². The molecule has 0 fully saturated rings. The summed E-state index contributed by atoms with van der Waals surface area (Å²) in [5, 5.41) is 4.15. The third-order valence-corrected chi connectivity index (χ3v) is 3.56. The molecule has 2 amide bonds. The Morgan fingerprint density at radius 3 is 2.16 bits per heavy atom. The fraction of sp³-hybridized carbons (Fsp3) is 0.250. The van der Waals surface area contributed by atoms with Crippen LogP contribution in [0.3, 0.4) is 0 Å². The van der Waals surface area contributed by atoms with Crippen LogP contribution in [0, 0.1) is 0 Å². The molecule has 96 valence electrons. The maximum absolute atomic E-state index is 11.9. The van der Waals surface area contributed by atoms with Crippen molar-refractivity contribution in [3.05, 3.63) is 47.0 Å². The number of rotatable bonds is 0. The lowest BCUT2D eigenvalue weighted by Gasteiger charge is -2.24. The van der Waals surface area contributed by atoms with Crippen molar-refractivity contribution < 1.29 is 9.59 Å². The Morgan fingerprint density at radius 1 is 0.895 bits per heavy atom. The van der Waals surface area contributed by atoms with Crippen molar-refractivity contribution in [3.63, 3.8) is 0 Å². The molecule has 0 radical (unpaired) electrons. The van der Waals surface area contributed by atoms with Crippen LogP contribution in [-0.2, 0) is 5.41 Å². The minimum Gasteiger partial charge on any atom is -0.288 e. The minimum atomic E-state index is -0.311. The van der Waals surface area contributed by atoms with Gasteiger partial charge in [0.2, 0.25) is 0 Å². The molecule has 3 rings (SSSR count). The Morgan fingerprint density at radius 2 is 1.53 bits per heavy atom. The van der Waals surface area contributed by atoms with Crippen LogP contribution in [0.4, 0.5) is 0 Å². The van der Waals surface area contributed by atoms with Gasteiger partial charge < -0.3 is 0 Å². The van der Waals surface area contributed by atoms with Crippen molar-refractivity contribution in [2.24, 2.45) is 0 Å². The quantitative estimate of drug-likeness (QED) is 0.733. The molecule has 0 saturated heterocycles. The Hall–Kier alpha value is -2.16. The number of amides is 2. The van der Waals surface area contributed by atoms with Crippen molar-refractivity contribution in [2.45, 2.75) is 26.2 Å². The topological polar surface area (TPSA) is 46.2 Å². The molecule has 0 aromatic heterocycles. The molecule has 19 heavy (non-hydrogen) atoms. The summed E-state index contributed by atoms with van der Waals surface area (Å²) in [4.78, 5) is 23.8. The normalized spacial score (nSPS) is 14.7. The van der Waals surface area contributed by atoms with Crippen molar-refractivity contribution in [2.75, 3.05) is 0 Å². The fourth-order valence-corrected chi connectivity index (χ4v) is 2.68. The number of imide groups is 1. The number of hydrogen-bond donors (Lipinski definition) is 1. The lowest BCUT2D eigenvalue weighted by atomic mass is 9.81. The molecule has 1 heterocycles. The van der Waals surface area contributed by atoms with Gasteiger partial charge in [0.25, 0.3) is 11.8 Å². The SMILES string of the molecule is CC(C)(C)c1ccc2c3c(cccc13)C(=O)NC2=O. The molecular formula is C16H15NO2. The van der Waals surface area contributed by atoms with E-state index in [0.29, 0.717) is 11.1 Å². The maximum atomic E-state index is 11.9. The highest BCUT2D eigenvalue weighted by atomic mass is 16.2. The molecule has 0 spiro atoms. The molecule has 3 nitrogen and oxygen atoms in total. The Labute approximate surface area is 111 Å². The van der Waals surface area contributed by atoms with E-state index in [1.807, 2.05) is 24.3 Å². The first kappa shape index (κ1) is 11.9. The van der Waals surface area contributed by atoms with Gasteiger partial charge in [-0.3, -0.25) is 14.9 Å². The van der Waals surface area contributed by atoms with E-state index in [4.69, 9.17) is 0 Å². The molecule has 1 N–H and O–H groups in total. The fourth-order valence-electron chi connectivity index (χ4n) is 2.68. The number of carbonyl (C=O) groups excluding carboxylic acids is 2. The van der Waals surface area contributed by atoms with E-state index in [1.165, 1.54) is 0 Å². The summed E-state index contributed by atoms with van der Waals surface area (Å²) in [5.41, 5.74) is 2.28. The van der Waals surface area contributed by atoms with Crippen LogP contribution < -0.4 is 5.32 Å². The first-order valence-electron chi connectivity index (χ1n) is 6.31. The minimum absolute atomic E-state index is 0.0336. The monoisotopic (exact) mass is 253 g/mol. The highest BCUT2D eigenvalue weighted by Crippen LogP contribution is 2.34. The average molecular weight is 253 g/mol. The van der Waals surface area contributed by atoms with E-state index in [9.17, 15) is 9.59 Å². The van der Waals surface area contributed by atoms with E-state index in [0.717, 1.165) is 16.3 Å². The molecule has 0 unspecified atom stereocenters. The summed E-state index contributed by atoms with van der Waals surface area (Å²) in [6.07, 6.45) is 0. The molecule has 0 bridgehead atoms. The van der Waals surface area contributed by atoms with Gasteiger partial charge in [-0.1, -0.05) is 39.0 Å². The summed E-state index contributed by atoms with van der Waals surface area (Å²) < 4.78 is 0. The van der Waals surface area contributed by atoms with Gasteiger partial charge in [-0.15, -0.1) is 0 Å². The summed E-state index contributed by atoms with van der Waals surface area (Å²) in [7, 11) is 0. The second-order valence-electron chi connectivity index (χ2n) is 5.92.